The Hall–Kier alpha value is -2.21. The molecule has 3 rings (SSSR count). The first-order valence-electron chi connectivity index (χ1n) is 9.12. The van der Waals surface area contributed by atoms with Crippen molar-refractivity contribution in [1.82, 2.24) is 19.7 Å². The molecule has 3 aromatic heterocycles. The van der Waals surface area contributed by atoms with E-state index >= 15 is 0 Å². The van der Waals surface area contributed by atoms with Gasteiger partial charge >= 0.3 is 0 Å². The summed E-state index contributed by atoms with van der Waals surface area (Å²) in [5.41, 5.74) is 2.42. The summed E-state index contributed by atoms with van der Waals surface area (Å²) in [5.74, 6) is 0.285. The highest BCUT2D eigenvalue weighted by Gasteiger charge is 2.22. The van der Waals surface area contributed by atoms with Gasteiger partial charge in [0.2, 0.25) is 0 Å². The van der Waals surface area contributed by atoms with Crippen molar-refractivity contribution in [3.05, 3.63) is 45.9 Å². The van der Waals surface area contributed by atoms with E-state index in [0.29, 0.717) is 18.7 Å². The Bertz CT molecular complexity index is 896. The molecule has 0 saturated heterocycles. The number of hydrogen-bond acceptors (Lipinski definition) is 4. The molecule has 0 aliphatic carbocycles. The van der Waals surface area contributed by atoms with Gasteiger partial charge in [0.15, 0.2) is 5.65 Å². The molecule has 0 spiro atoms. The van der Waals surface area contributed by atoms with Crippen LogP contribution in [0.3, 0.4) is 0 Å². The van der Waals surface area contributed by atoms with Gasteiger partial charge in [-0.25, -0.2) is 9.67 Å². The largest absolute Gasteiger partial charge is 0.334 e. The molecule has 0 saturated carbocycles. The van der Waals surface area contributed by atoms with Crippen LogP contribution in [0.5, 0.6) is 0 Å². The molecule has 0 aliphatic rings. The molecule has 0 fully saturated rings. The van der Waals surface area contributed by atoms with Crippen molar-refractivity contribution in [3.8, 4) is 0 Å². The summed E-state index contributed by atoms with van der Waals surface area (Å²) in [6.07, 6.45) is 1.78. The molecule has 138 valence electrons. The lowest BCUT2D eigenvalue weighted by molar-refractivity contribution is 0.0756. The molecule has 1 amide bonds. The van der Waals surface area contributed by atoms with Gasteiger partial charge in [-0.1, -0.05) is 19.9 Å². The Morgan fingerprint density at radius 3 is 2.65 bits per heavy atom. The van der Waals surface area contributed by atoms with E-state index in [1.165, 1.54) is 4.88 Å². The number of hydrogen-bond donors (Lipinski definition) is 0. The van der Waals surface area contributed by atoms with Gasteiger partial charge in [0, 0.05) is 23.2 Å². The molecule has 5 nitrogen and oxygen atoms in total. The average Bonchev–Trinajstić information content (AvgIpc) is 3.27. The van der Waals surface area contributed by atoms with E-state index in [2.05, 4.69) is 38.9 Å². The second-order valence-corrected chi connectivity index (χ2v) is 8.10. The molecule has 0 atom stereocenters. The summed E-state index contributed by atoms with van der Waals surface area (Å²) >= 11 is 1.68. The van der Waals surface area contributed by atoms with Crippen LogP contribution in [-0.2, 0) is 6.54 Å². The maximum Gasteiger partial charge on any atom is 0.255 e. The second-order valence-electron chi connectivity index (χ2n) is 7.07. The maximum absolute atomic E-state index is 13.3. The predicted molar refractivity (Wildman–Crippen MR) is 107 cm³/mol. The number of aromatic nitrogens is 3. The third-order valence-electron chi connectivity index (χ3n) is 4.49. The molecule has 0 N–H and O–H groups in total. The first-order valence-corrected chi connectivity index (χ1v) is 10.00. The summed E-state index contributed by atoms with van der Waals surface area (Å²) in [6.45, 7) is 11.7. The molecule has 0 aromatic carbocycles. The second kappa shape index (κ2) is 7.58. The van der Waals surface area contributed by atoms with E-state index in [4.69, 9.17) is 4.98 Å². The molecule has 3 aromatic rings. The van der Waals surface area contributed by atoms with Crippen LogP contribution in [0.2, 0.25) is 0 Å². The monoisotopic (exact) mass is 370 g/mol. The van der Waals surface area contributed by atoms with Crippen LogP contribution in [0, 0.1) is 0 Å². The van der Waals surface area contributed by atoms with Gasteiger partial charge in [0.05, 0.1) is 23.7 Å². The topological polar surface area (TPSA) is 51.0 Å². The number of pyridine rings is 1. The quantitative estimate of drug-likeness (QED) is 0.623. The molecule has 26 heavy (non-hydrogen) atoms. The van der Waals surface area contributed by atoms with Crippen molar-refractivity contribution in [2.45, 2.75) is 53.1 Å². The third kappa shape index (κ3) is 3.51. The number of carbonyl (C=O) groups is 1. The lowest BCUT2D eigenvalue weighted by Crippen LogP contribution is -2.30. The summed E-state index contributed by atoms with van der Waals surface area (Å²) in [4.78, 5) is 21.2. The normalized spacial score (nSPS) is 11.7. The molecular formula is C20H26N4OS. The van der Waals surface area contributed by atoms with E-state index in [1.807, 2.05) is 34.0 Å². The van der Waals surface area contributed by atoms with Crippen LogP contribution in [-0.4, -0.2) is 32.1 Å². The highest BCUT2D eigenvalue weighted by atomic mass is 32.1. The fourth-order valence-corrected chi connectivity index (χ4v) is 3.70. The standard InChI is InChI=1S/C20H26N4OS/c1-6-23(12-15-8-7-9-26-15)20(25)16-10-18(13(2)3)22-19-17(16)11-21-24(19)14(4)5/h7-11,13-14H,6,12H2,1-5H3. The number of rotatable bonds is 6. The summed E-state index contributed by atoms with van der Waals surface area (Å²) < 4.78 is 1.90. The van der Waals surface area contributed by atoms with Crippen LogP contribution < -0.4 is 0 Å². The van der Waals surface area contributed by atoms with Crippen molar-refractivity contribution in [1.29, 1.82) is 0 Å². The maximum atomic E-state index is 13.3. The molecule has 0 aliphatic heterocycles. The van der Waals surface area contributed by atoms with Gasteiger partial charge in [-0.3, -0.25) is 4.79 Å². The number of fused-ring (bicyclic) bond motifs is 1. The summed E-state index contributed by atoms with van der Waals surface area (Å²) in [5, 5.41) is 7.36. The Kier molecular flexibility index (Phi) is 5.41. The molecule has 0 unspecified atom stereocenters. The van der Waals surface area contributed by atoms with Gasteiger partial charge in [0.1, 0.15) is 0 Å². The van der Waals surface area contributed by atoms with Gasteiger partial charge in [0.25, 0.3) is 5.91 Å². The van der Waals surface area contributed by atoms with Gasteiger partial charge in [-0.05, 0) is 44.2 Å². The van der Waals surface area contributed by atoms with Crippen molar-refractivity contribution in [2.75, 3.05) is 6.54 Å². The zero-order valence-electron chi connectivity index (χ0n) is 16.1. The minimum absolute atomic E-state index is 0.0403. The van der Waals surface area contributed by atoms with E-state index in [1.54, 1.807) is 17.5 Å². The number of nitrogens with zero attached hydrogens (tertiary/aromatic N) is 4. The molecule has 0 radical (unpaired) electrons. The minimum atomic E-state index is 0.0403. The van der Waals surface area contributed by atoms with Crippen LogP contribution in [0.25, 0.3) is 11.0 Å². The fraction of sp³-hybridized carbons (Fsp3) is 0.450. The minimum Gasteiger partial charge on any atom is -0.334 e. The third-order valence-corrected chi connectivity index (χ3v) is 5.35. The Morgan fingerprint density at radius 1 is 1.31 bits per heavy atom. The van der Waals surface area contributed by atoms with Crippen LogP contribution in [0.15, 0.2) is 29.8 Å². The van der Waals surface area contributed by atoms with Crippen LogP contribution in [0.4, 0.5) is 0 Å². The predicted octanol–water partition coefficient (Wildman–Crippen LogP) is 4.86. The number of thiophene rings is 1. The van der Waals surface area contributed by atoms with Crippen LogP contribution in [0.1, 0.15) is 67.5 Å². The number of carbonyl (C=O) groups excluding carboxylic acids is 1. The molecule has 3 heterocycles. The first kappa shape index (κ1) is 18.6. The zero-order chi connectivity index (χ0) is 18.8. The zero-order valence-corrected chi connectivity index (χ0v) is 16.9. The Labute approximate surface area is 158 Å². The first-order chi connectivity index (χ1) is 12.4. The molecule has 0 bridgehead atoms. The van der Waals surface area contributed by atoms with E-state index < -0.39 is 0 Å². The Morgan fingerprint density at radius 2 is 2.08 bits per heavy atom. The van der Waals surface area contributed by atoms with Gasteiger partial charge in [-0.15, -0.1) is 11.3 Å². The lowest BCUT2D eigenvalue weighted by Gasteiger charge is -2.21. The lowest BCUT2D eigenvalue weighted by atomic mass is 10.0. The highest BCUT2D eigenvalue weighted by Crippen LogP contribution is 2.26. The van der Waals surface area contributed by atoms with Crippen molar-refractivity contribution in [2.24, 2.45) is 0 Å². The smallest absolute Gasteiger partial charge is 0.255 e. The van der Waals surface area contributed by atoms with E-state index in [9.17, 15) is 4.79 Å². The summed E-state index contributed by atoms with van der Waals surface area (Å²) in [7, 11) is 0. The fourth-order valence-electron chi connectivity index (χ4n) is 2.98. The van der Waals surface area contributed by atoms with Crippen molar-refractivity contribution < 1.29 is 4.79 Å². The van der Waals surface area contributed by atoms with Crippen molar-refractivity contribution >= 4 is 28.3 Å². The van der Waals surface area contributed by atoms with E-state index in [-0.39, 0.29) is 17.9 Å². The Balaban J connectivity index is 2.08. The molecular weight excluding hydrogens is 344 g/mol. The average molecular weight is 371 g/mol. The summed E-state index contributed by atoms with van der Waals surface area (Å²) in [6, 6.07) is 6.23. The molecule has 6 heteroatoms. The van der Waals surface area contributed by atoms with Crippen molar-refractivity contribution in [3.63, 3.8) is 0 Å². The van der Waals surface area contributed by atoms with Gasteiger partial charge in [-0.2, -0.15) is 5.10 Å². The highest BCUT2D eigenvalue weighted by molar-refractivity contribution is 7.09. The SMILES string of the molecule is CCN(Cc1cccs1)C(=O)c1cc(C(C)C)nc2c1cnn2C(C)C. The van der Waals surface area contributed by atoms with Crippen LogP contribution >= 0.6 is 11.3 Å². The number of amides is 1. The van der Waals surface area contributed by atoms with Gasteiger partial charge < -0.3 is 4.90 Å². The van der Waals surface area contributed by atoms with E-state index in [0.717, 1.165) is 16.7 Å².